The predicted octanol–water partition coefficient (Wildman–Crippen LogP) is 3.64. The minimum absolute atomic E-state index is 0.00443. The number of non-ortho nitro benzene ring substituents is 1. The van der Waals surface area contributed by atoms with E-state index in [9.17, 15) is 24.1 Å². The molecule has 210 valence electrons. The third kappa shape index (κ3) is 4.87. The number of hydrogen-bond donors (Lipinski definition) is 0. The Balaban J connectivity index is 1.90. The topological polar surface area (TPSA) is 117 Å². The van der Waals surface area contributed by atoms with Crippen molar-refractivity contribution in [2.24, 2.45) is 0 Å². The predicted molar refractivity (Wildman–Crippen MR) is 147 cm³/mol. The molecule has 0 radical (unpaired) electrons. The summed E-state index contributed by atoms with van der Waals surface area (Å²) in [6, 6.07) is 15.4. The molecule has 0 saturated carbocycles. The first-order chi connectivity index (χ1) is 19.6. The zero-order valence-electron chi connectivity index (χ0n) is 22.2. The first-order valence-electron chi connectivity index (χ1n) is 12.4. The van der Waals surface area contributed by atoms with Crippen LogP contribution >= 0.6 is 0 Å². The van der Waals surface area contributed by atoms with E-state index in [1.54, 1.807) is 25.1 Å². The van der Waals surface area contributed by atoms with E-state index < -0.39 is 27.8 Å². The Hall–Kier alpha value is -5.17. The van der Waals surface area contributed by atoms with Crippen LogP contribution in [0.1, 0.15) is 11.3 Å². The van der Waals surface area contributed by atoms with Crippen LogP contribution < -0.4 is 16.0 Å². The van der Waals surface area contributed by atoms with Crippen molar-refractivity contribution in [3.05, 3.63) is 121 Å². The van der Waals surface area contributed by atoms with Crippen LogP contribution in [-0.2, 0) is 13.1 Å². The van der Waals surface area contributed by atoms with Crippen molar-refractivity contribution in [2.75, 3.05) is 21.2 Å². The van der Waals surface area contributed by atoms with Gasteiger partial charge in [0, 0.05) is 24.2 Å². The molecule has 11 nitrogen and oxygen atoms in total. The summed E-state index contributed by atoms with van der Waals surface area (Å²) in [4.78, 5) is 40.4. The molecule has 2 aromatic heterocycles. The molecule has 0 amide bonds. The van der Waals surface area contributed by atoms with Crippen molar-refractivity contribution in [3.8, 4) is 17.1 Å². The third-order valence-electron chi connectivity index (χ3n) is 6.52. The van der Waals surface area contributed by atoms with E-state index in [4.69, 9.17) is 4.74 Å². The van der Waals surface area contributed by atoms with Crippen LogP contribution in [0.3, 0.4) is 0 Å². The first-order valence-corrected chi connectivity index (χ1v) is 12.4. The molecule has 0 aliphatic rings. The standard InChI is InChI=1S/C28H24F2N6O5/c1-32(2)16-22-24-26(31-35(22)18-11-13-19(14-12-18)36(39)40)33(15-17-7-4-5-8-20(17)29)28(38)34(27(24)37)21-9-6-10-23(41-3)25(21)30/h4-14H,15-16H2,1-3H3. The highest BCUT2D eigenvalue weighted by atomic mass is 19.1. The molecule has 0 fully saturated rings. The van der Waals surface area contributed by atoms with E-state index in [1.165, 1.54) is 72.5 Å². The number of ether oxygens (including phenoxy) is 1. The maximum atomic E-state index is 15.4. The molecule has 0 N–H and O–H groups in total. The Labute approximate surface area is 231 Å². The molecule has 0 unspecified atom stereocenters. The molecule has 3 aromatic carbocycles. The van der Waals surface area contributed by atoms with Crippen LogP contribution in [0.4, 0.5) is 14.5 Å². The lowest BCUT2D eigenvalue weighted by atomic mass is 10.2. The van der Waals surface area contributed by atoms with Crippen molar-refractivity contribution in [2.45, 2.75) is 13.1 Å². The number of benzene rings is 3. The van der Waals surface area contributed by atoms with Gasteiger partial charge in [0.2, 0.25) is 0 Å². The fourth-order valence-electron chi connectivity index (χ4n) is 4.61. The van der Waals surface area contributed by atoms with Crippen molar-refractivity contribution in [3.63, 3.8) is 0 Å². The van der Waals surface area contributed by atoms with Gasteiger partial charge in [0.1, 0.15) is 11.2 Å². The van der Waals surface area contributed by atoms with E-state index in [2.05, 4.69) is 5.10 Å². The van der Waals surface area contributed by atoms with E-state index >= 15 is 4.39 Å². The van der Waals surface area contributed by atoms with Crippen LogP contribution in [0.15, 0.2) is 76.3 Å². The highest BCUT2D eigenvalue weighted by Crippen LogP contribution is 2.25. The SMILES string of the molecule is COc1cccc(-n2c(=O)c3c(CN(C)C)n(-c4ccc([N+](=O)[O-])cc4)nc3n(Cc3ccccc3F)c2=O)c1F. The first kappa shape index (κ1) is 27.4. The Morgan fingerprint density at radius 2 is 1.71 bits per heavy atom. The molecule has 0 aliphatic heterocycles. The molecule has 0 bridgehead atoms. The van der Waals surface area contributed by atoms with E-state index in [-0.39, 0.29) is 46.8 Å². The summed E-state index contributed by atoms with van der Waals surface area (Å²) in [5.41, 5.74) is -1.47. The van der Waals surface area contributed by atoms with E-state index in [0.29, 0.717) is 15.9 Å². The molecule has 5 rings (SSSR count). The van der Waals surface area contributed by atoms with E-state index in [1.807, 2.05) is 0 Å². The van der Waals surface area contributed by atoms with Gasteiger partial charge in [0.05, 0.1) is 35.6 Å². The third-order valence-corrected chi connectivity index (χ3v) is 6.52. The van der Waals surface area contributed by atoms with E-state index in [0.717, 1.165) is 4.57 Å². The molecule has 0 atom stereocenters. The van der Waals surface area contributed by atoms with Gasteiger partial charge < -0.3 is 9.64 Å². The Morgan fingerprint density at radius 3 is 2.34 bits per heavy atom. The lowest BCUT2D eigenvalue weighted by Gasteiger charge is -2.15. The average molecular weight is 563 g/mol. The number of aromatic nitrogens is 4. The maximum Gasteiger partial charge on any atom is 0.337 e. The number of rotatable bonds is 8. The minimum Gasteiger partial charge on any atom is -0.494 e. The van der Waals surface area contributed by atoms with Gasteiger partial charge in [0.15, 0.2) is 17.2 Å². The highest BCUT2D eigenvalue weighted by molar-refractivity contribution is 5.79. The number of fused-ring (bicyclic) bond motifs is 1. The summed E-state index contributed by atoms with van der Waals surface area (Å²) in [6.07, 6.45) is 0. The number of nitro groups is 1. The molecule has 0 spiro atoms. The van der Waals surface area contributed by atoms with Crippen molar-refractivity contribution in [1.82, 2.24) is 23.8 Å². The van der Waals surface area contributed by atoms with Gasteiger partial charge in [-0.25, -0.2) is 22.8 Å². The van der Waals surface area contributed by atoms with Gasteiger partial charge in [0.25, 0.3) is 11.2 Å². The van der Waals surface area contributed by atoms with Crippen LogP contribution in [0.25, 0.3) is 22.4 Å². The fraction of sp³-hybridized carbons (Fsp3) is 0.179. The van der Waals surface area contributed by atoms with Crippen LogP contribution in [0.2, 0.25) is 0 Å². The normalized spacial score (nSPS) is 11.4. The monoisotopic (exact) mass is 562 g/mol. The number of nitro benzene ring substituents is 1. The summed E-state index contributed by atoms with van der Waals surface area (Å²) in [5, 5.41) is 15.8. The van der Waals surface area contributed by atoms with Crippen LogP contribution in [-0.4, -0.2) is 49.9 Å². The van der Waals surface area contributed by atoms with Crippen molar-refractivity contribution >= 4 is 16.7 Å². The van der Waals surface area contributed by atoms with Crippen molar-refractivity contribution in [1.29, 1.82) is 0 Å². The largest absolute Gasteiger partial charge is 0.494 e. The van der Waals surface area contributed by atoms with Gasteiger partial charge in [-0.2, -0.15) is 0 Å². The van der Waals surface area contributed by atoms with Gasteiger partial charge in [-0.3, -0.25) is 19.5 Å². The second kappa shape index (κ2) is 10.8. The van der Waals surface area contributed by atoms with Crippen LogP contribution in [0.5, 0.6) is 5.75 Å². The summed E-state index contributed by atoms with van der Waals surface area (Å²) in [5.74, 6) is -1.69. The van der Waals surface area contributed by atoms with Gasteiger partial charge in [-0.05, 0) is 44.4 Å². The minimum atomic E-state index is -0.942. The molecule has 2 heterocycles. The smallest absolute Gasteiger partial charge is 0.337 e. The second-order valence-electron chi connectivity index (χ2n) is 9.46. The number of halogens is 2. The summed E-state index contributed by atoms with van der Waals surface area (Å²) in [7, 11) is 4.78. The number of methoxy groups -OCH3 is 1. The second-order valence-corrected chi connectivity index (χ2v) is 9.46. The highest BCUT2D eigenvalue weighted by Gasteiger charge is 2.26. The molecular weight excluding hydrogens is 538 g/mol. The Morgan fingerprint density at radius 1 is 1.00 bits per heavy atom. The lowest BCUT2D eigenvalue weighted by molar-refractivity contribution is -0.384. The zero-order chi connectivity index (χ0) is 29.4. The Bertz CT molecular complexity index is 1910. The van der Waals surface area contributed by atoms with Gasteiger partial charge in [-0.15, -0.1) is 5.10 Å². The molecule has 5 aromatic rings. The van der Waals surface area contributed by atoms with Gasteiger partial charge >= 0.3 is 5.69 Å². The number of nitrogens with zero attached hydrogens (tertiary/aromatic N) is 6. The van der Waals surface area contributed by atoms with Crippen LogP contribution in [0, 0.1) is 21.7 Å². The quantitative estimate of drug-likeness (QED) is 0.209. The summed E-state index contributed by atoms with van der Waals surface area (Å²) in [6.45, 7) is -0.159. The molecule has 0 aliphatic carbocycles. The number of hydrogen-bond acceptors (Lipinski definition) is 7. The zero-order valence-corrected chi connectivity index (χ0v) is 22.2. The average Bonchev–Trinajstić information content (AvgIpc) is 3.31. The molecule has 13 heteroatoms. The Kier molecular flexibility index (Phi) is 7.20. The fourth-order valence-corrected chi connectivity index (χ4v) is 4.61. The summed E-state index contributed by atoms with van der Waals surface area (Å²) < 4.78 is 38.4. The maximum absolute atomic E-state index is 15.4. The lowest BCUT2D eigenvalue weighted by Crippen LogP contribution is -2.40. The van der Waals surface area contributed by atoms with Crippen molar-refractivity contribution < 1.29 is 18.4 Å². The molecule has 0 saturated heterocycles. The summed E-state index contributed by atoms with van der Waals surface area (Å²) >= 11 is 0. The van der Waals surface area contributed by atoms with Gasteiger partial charge in [-0.1, -0.05) is 24.3 Å². The molecule has 41 heavy (non-hydrogen) atoms. The molecular formula is C28H24F2N6O5.